The first-order valence-electron chi connectivity index (χ1n) is 9.13. The Labute approximate surface area is 154 Å². The van der Waals surface area contributed by atoms with Gasteiger partial charge in [-0.2, -0.15) is 0 Å². The molecule has 0 atom stereocenters. The predicted molar refractivity (Wildman–Crippen MR) is 102 cm³/mol. The molecule has 6 heteroatoms. The number of pyridine rings is 1. The second-order valence-electron chi connectivity index (χ2n) is 6.30. The van der Waals surface area contributed by atoms with Gasteiger partial charge in [0.1, 0.15) is 5.82 Å². The molecule has 138 valence electrons. The standard InChI is InChI=1S/C20H26N4O2/c25-20(22-9-8-17-4-2-1-3-5-17)18-6-7-19(23-16-18)21-10-11-24-12-14-26-15-13-24/h1-7,16H,8-15H2,(H,21,23)(H,22,25). The van der Waals surface area contributed by atoms with Crippen LogP contribution >= 0.6 is 0 Å². The van der Waals surface area contributed by atoms with Gasteiger partial charge in [0.15, 0.2) is 0 Å². The predicted octanol–water partition coefficient (Wildman–Crippen LogP) is 1.80. The van der Waals surface area contributed by atoms with Crippen LogP contribution in [0, 0.1) is 0 Å². The highest BCUT2D eigenvalue weighted by atomic mass is 16.5. The van der Waals surface area contributed by atoms with Crippen molar-refractivity contribution in [1.82, 2.24) is 15.2 Å². The van der Waals surface area contributed by atoms with Gasteiger partial charge >= 0.3 is 0 Å². The van der Waals surface area contributed by atoms with Gasteiger partial charge in [0, 0.05) is 38.9 Å². The molecule has 2 heterocycles. The number of hydrogen-bond acceptors (Lipinski definition) is 5. The number of carbonyl (C=O) groups is 1. The molecule has 3 rings (SSSR count). The van der Waals surface area contributed by atoms with Crippen LogP contribution in [0.1, 0.15) is 15.9 Å². The average Bonchev–Trinajstić information content (AvgIpc) is 2.70. The van der Waals surface area contributed by atoms with Gasteiger partial charge in [0.2, 0.25) is 0 Å². The van der Waals surface area contributed by atoms with Crippen LogP contribution < -0.4 is 10.6 Å². The molecule has 0 spiro atoms. The molecule has 0 saturated carbocycles. The van der Waals surface area contributed by atoms with Crippen LogP contribution in [0.3, 0.4) is 0 Å². The minimum absolute atomic E-state index is 0.0895. The second kappa shape index (κ2) is 9.89. The lowest BCUT2D eigenvalue weighted by atomic mass is 10.1. The summed E-state index contributed by atoms with van der Waals surface area (Å²) >= 11 is 0. The van der Waals surface area contributed by atoms with E-state index in [1.165, 1.54) is 5.56 Å². The van der Waals surface area contributed by atoms with Crippen molar-refractivity contribution in [3.63, 3.8) is 0 Å². The molecule has 0 bridgehead atoms. The molecule has 1 aromatic heterocycles. The van der Waals surface area contributed by atoms with Gasteiger partial charge in [-0.15, -0.1) is 0 Å². The third-order valence-corrected chi connectivity index (χ3v) is 4.41. The smallest absolute Gasteiger partial charge is 0.252 e. The third-order valence-electron chi connectivity index (χ3n) is 4.41. The molecular formula is C20H26N4O2. The number of nitrogens with zero attached hydrogens (tertiary/aromatic N) is 2. The van der Waals surface area contributed by atoms with Crippen LogP contribution in [0.5, 0.6) is 0 Å². The molecule has 1 aliphatic rings. The largest absolute Gasteiger partial charge is 0.379 e. The third kappa shape index (κ3) is 5.82. The van der Waals surface area contributed by atoms with Gasteiger partial charge < -0.3 is 15.4 Å². The zero-order chi connectivity index (χ0) is 18.0. The van der Waals surface area contributed by atoms with Crippen LogP contribution in [0.2, 0.25) is 0 Å². The van der Waals surface area contributed by atoms with E-state index in [1.807, 2.05) is 30.3 Å². The number of aromatic nitrogens is 1. The summed E-state index contributed by atoms with van der Waals surface area (Å²) in [6.07, 6.45) is 2.44. The molecule has 1 aromatic carbocycles. The molecule has 6 nitrogen and oxygen atoms in total. The molecule has 0 unspecified atom stereocenters. The van der Waals surface area contributed by atoms with Gasteiger partial charge in [-0.1, -0.05) is 30.3 Å². The van der Waals surface area contributed by atoms with Crippen molar-refractivity contribution >= 4 is 11.7 Å². The maximum Gasteiger partial charge on any atom is 0.252 e. The minimum Gasteiger partial charge on any atom is -0.379 e. The van der Waals surface area contributed by atoms with E-state index in [0.717, 1.165) is 51.6 Å². The SMILES string of the molecule is O=C(NCCc1ccccc1)c1ccc(NCCN2CCOCC2)nc1. The Morgan fingerprint density at radius 2 is 1.88 bits per heavy atom. The molecule has 1 fully saturated rings. The van der Waals surface area contributed by atoms with Crippen molar-refractivity contribution in [3.8, 4) is 0 Å². The number of hydrogen-bond donors (Lipinski definition) is 2. The second-order valence-corrected chi connectivity index (χ2v) is 6.30. The van der Waals surface area contributed by atoms with E-state index in [4.69, 9.17) is 4.74 Å². The first-order chi connectivity index (χ1) is 12.8. The van der Waals surface area contributed by atoms with E-state index in [1.54, 1.807) is 6.20 Å². The maximum absolute atomic E-state index is 12.2. The summed E-state index contributed by atoms with van der Waals surface area (Å²) in [4.78, 5) is 18.9. The van der Waals surface area contributed by atoms with Crippen LogP contribution in [-0.4, -0.2) is 61.7 Å². The van der Waals surface area contributed by atoms with Crippen molar-refractivity contribution in [1.29, 1.82) is 0 Å². The van der Waals surface area contributed by atoms with Crippen molar-refractivity contribution in [3.05, 3.63) is 59.8 Å². The van der Waals surface area contributed by atoms with Gasteiger partial charge in [0.05, 0.1) is 18.8 Å². The summed E-state index contributed by atoms with van der Waals surface area (Å²) in [5.41, 5.74) is 1.79. The highest BCUT2D eigenvalue weighted by molar-refractivity contribution is 5.94. The topological polar surface area (TPSA) is 66.5 Å². The lowest BCUT2D eigenvalue weighted by Crippen LogP contribution is -2.39. The van der Waals surface area contributed by atoms with E-state index >= 15 is 0 Å². The lowest BCUT2D eigenvalue weighted by molar-refractivity contribution is 0.0398. The van der Waals surface area contributed by atoms with Gasteiger partial charge in [-0.25, -0.2) is 4.98 Å². The first-order valence-corrected chi connectivity index (χ1v) is 9.13. The van der Waals surface area contributed by atoms with Crippen molar-refractivity contribution in [2.24, 2.45) is 0 Å². The van der Waals surface area contributed by atoms with Crippen LogP contribution in [0.15, 0.2) is 48.7 Å². The molecule has 1 saturated heterocycles. The molecule has 2 aromatic rings. The van der Waals surface area contributed by atoms with Crippen LogP contribution in [-0.2, 0) is 11.2 Å². The van der Waals surface area contributed by atoms with Crippen molar-refractivity contribution in [2.75, 3.05) is 51.3 Å². The summed E-state index contributed by atoms with van der Waals surface area (Å²) in [6, 6.07) is 13.8. The van der Waals surface area contributed by atoms with Crippen molar-refractivity contribution in [2.45, 2.75) is 6.42 Å². The van der Waals surface area contributed by atoms with Gasteiger partial charge in [-0.05, 0) is 24.1 Å². The zero-order valence-electron chi connectivity index (χ0n) is 15.0. The Bertz CT molecular complexity index is 670. The molecule has 1 aliphatic heterocycles. The Morgan fingerprint density at radius 3 is 2.62 bits per heavy atom. The minimum atomic E-state index is -0.0895. The Kier molecular flexibility index (Phi) is 6.98. The van der Waals surface area contributed by atoms with Gasteiger partial charge in [0.25, 0.3) is 5.91 Å². The molecule has 0 radical (unpaired) electrons. The van der Waals surface area contributed by atoms with Crippen LogP contribution in [0.25, 0.3) is 0 Å². The Hall–Kier alpha value is -2.44. The Morgan fingerprint density at radius 1 is 1.08 bits per heavy atom. The number of ether oxygens (including phenoxy) is 1. The summed E-state index contributed by atoms with van der Waals surface area (Å²) < 4.78 is 5.34. The number of anilines is 1. The fraction of sp³-hybridized carbons (Fsp3) is 0.400. The molecule has 26 heavy (non-hydrogen) atoms. The number of nitrogens with one attached hydrogen (secondary N) is 2. The monoisotopic (exact) mass is 354 g/mol. The molecule has 0 aliphatic carbocycles. The highest BCUT2D eigenvalue weighted by Crippen LogP contribution is 2.06. The first kappa shape index (κ1) is 18.4. The van der Waals surface area contributed by atoms with E-state index in [2.05, 4.69) is 32.7 Å². The fourth-order valence-electron chi connectivity index (χ4n) is 2.87. The van der Waals surface area contributed by atoms with E-state index < -0.39 is 0 Å². The number of carbonyl (C=O) groups excluding carboxylic acids is 1. The lowest BCUT2D eigenvalue weighted by Gasteiger charge is -2.26. The van der Waals surface area contributed by atoms with E-state index in [0.29, 0.717) is 12.1 Å². The van der Waals surface area contributed by atoms with E-state index in [9.17, 15) is 4.79 Å². The molecular weight excluding hydrogens is 328 g/mol. The summed E-state index contributed by atoms with van der Waals surface area (Å²) in [5.74, 6) is 0.701. The number of benzene rings is 1. The number of morpholine rings is 1. The summed E-state index contributed by atoms with van der Waals surface area (Å²) in [6.45, 7) is 6.00. The highest BCUT2D eigenvalue weighted by Gasteiger charge is 2.09. The van der Waals surface area contributed by atoms with Crippen LogP contribution in [0.4, 0.5) is 5.82 Å². The Balaban J connectivity index is 1.38. The van der Waals surface area contributed by atoms with E-state index in [-0.39, 0.29) is 5.91 Å². The number of amides is 1. The maximum atomic E-state index is 12.2. The fourth-order valence-corrected chi connectivity index (χ4v) is 2.87. The number of rotatable bonds is 8. The molecule has 1 amide bonds. The summed E-state index contributed by atoms with van der Waals surface area (Å²) in [5, 5.41) is 6.23. The average molecular weight is 354 g/mol. The summed E-state index contributed by atoms with van der Waals surface area (Å²) in [7, 11) is 0. The zero-order valence-corrected chi connectivity index (χ0v) is 15.0. The normalized spacial score (nSPS) is 14.8. The van der Waals surface area contributed by atoms with Gasteiger partial charge in [-0.3, -0.25) is 9.69 Å². The quantitative estimate of drug-likeness (QED) is 0.757. The molecule has 2 N–H and O–H groups in total. The van der Waals surface area contributed by atoms with Crippen molar-refractivity contribution < 1.29 is 9.53 Å².